The quantitative estimate of drug-likeness (QED) is 0.606. The monoisotopic (exact) mass is 421 g/mol. The van der Waals surface area contributed by atoms with Crippen LogP contribution in [0.4, 0.5) is 18.9 Å². The van der Waals surface area contributed by atoms with Crippen LogP contribution in [0, 0.1) is 0 Å². The number of rotatable bonds is 4. The highest BCUT2D eigenvalue weighted by atomic mass is 32.2. The van der Waals surface area contributed by atoms with Crippen LogP contribution in [0.2, 0.25) is 0 Å². The molecule has 1 aromatic carbocycles. The molecule has 152 valence electrons. The number of hydrogen-bond acceptors (Lipinski definition) is 5. The van der Waals surface area contributed by atoms with E-state index in [1.807, 2.05) is 33.7 Å². The summed E-state index contributed by atoms with van der Waals surface area (Å²) in [7, 11) is 0. The van der Waals surface area contributed by atoms with Crippen molar-refractivity contribution < 1.29 is 18.0 Å². The lowest BCUT2D eigenvalue weighted by atomic mass is 10.1. The third-order valence-electron chi connectivity index (χ3n) is 4.78. The van der Waals surface area contributed by atoms with Gasteiger partial charge in [-0.05, 0) is 30.3 Å². The number of anilines is 1. The van der Waals surface area contributed by atoms with Gasteiger partial charge in [-0.1, -0.05) is 23.9 Å². The zero-order chi connectivity index (χ0) is 20.4. The number of pyridine rings is 1. The van der Waals surface area contributed by atoms with Crippen LogP contribution in [0.3, 0.4) is 0 Å². The fourth-order valence-corrected chi connectivity index (χ4v) is 4.06. The Morgan fingerprint density at radius 2 is 1.83 bits per heavy atom. The van der Waals surface area contributed by atoms with Gasteiger partial charge in [0.2, 0.25) is 5.91 Å². The van der Waals surface area contributed by atoms with Gasteiger partial charge in [0, 0.05) is 38.1 Å². The molecule has 1 saturated heterocycles. The van der Waals surface area contributed by atoms with E-state index in [9.17, 15) is 18.0 Å². The molecule has 0 atom stereocenters. The summed E-state index contributed by atoms with van der Waals surface area (Å²) in [6.07, 6.45) is -2.52. The van der Waals surface area contributed by atoms with Crippen LogP contribution in [0.25, 0.3) is 5.65 Å². The molecule has 0 N–H and O–H groups in total. The lowest BCUT2D eigenvalue weighted by Crippen LogP contribution is -2.49. The molecule has 0 spiro atoms. The normalized spacial score (nSPS) is 15.1. The Morgan fingerprint density at radius 1 is 1.03 bits per heavy atom. The van der Waals surface area contributed by atoms with E-state index in [1.165, 1.54) is 17.8 Å². The summed E-state index contributed by atoms with van der Waals surface area (Å²) in [5.74, 6) is 0.213. The summed E-state index contributed by atoms with van der Waals surface area (Å²) >= 11 is 1.32. The molecule has 0 bridgehead atoms. The van der Waals surface area contributed by atoms with Crippen LogP contribution < -0.4 is 4.90 Å². The first kappa shape index (κ1) is 19.6. The number of alkyl halides is 3. The Kier molecular flexibility index (Phi) is 5.35. The molecule has 3 heterocycles. The van der Waals surface area contributed by atoms with Crippen LogP contribution in [0.5, 0.6) is 0 Å². The Morgan fingerprint density at radius 3 is 2.59 bits per heavy atom. The summed E-state index contributed by atoms with van der Waals surface area (Å²) in [6.45, 7) is 1.92. The molecule has 29 heavy (non-hydrogen) atoms. The first-order valence-electron chi connectivity index (χ1n) is 9.04. The number of thioether (sulfide) groups is 1. The largest absolute Gasteiger partial charge is 0.416 e. The van der Waals surface area contributed by atoms with Crippen molar-refractivity contribution in [3.63, 3.8) is 0 Å². The molecule has 0 radical (unpaired) electrons. The predicted octanol–water partition coefficient (Wildman–Crippen LogP) is 3.19. The van der Waals surface area contributed by atoms with E-state index < -0.39 is 11.7 Å². The van der Waals surface area contributed by atoms with Crippen LogP contribution in [-0.4, -0.2) is 57.3 Å². The predicted molar refractivity (Wildman–Crippen MR) is 104 cm³/mol. The summed E-state index contributed by atoms with van der Waals surface area (Å²) < 4.78 is 40.6. The van der Waals surface area contributed by atoms with E-state index in [0.717, 1.165) is 17.8 Å². The second-order valence-electron chi connectivity index (χ2n) is 6.62. The average Bonchev–Trinajstić information content (AvgIpc) is 3.15. The third kappa shape index (κ3) is 4.31. The van der Waals surface area contributed by atoms with Crippen molar-refractivity contribution in [2.75, 3.05) is 36.8 Å². The topological polar surface area (TPSA) is 53.7 Å². The second-order valence-corrected chi connectivity index (χ2v) is 7.56. The van der Waals surface area contributed by atoms with Crippen molar-refractivity contribution in [1.29, 1.82) is 0 Å². The molecule has 3 aromatic rings. The number of fused-ring (bicyclic) bond motifs is 1. The zero-order valence-corrected chi connectivity index (χ0v) is 16.2. The van der Waals surface area contributed by atoms with Gasteiger partial charge < -0.3 is 9.80 Å². The molecular weight excluding hydrogens is 403 g/mol. The maximum Gasteiger partial charge on any atom is 0.416 e. The summed E-state index contributed by atoms with van der Waals surface area (Å²) in [5.41, 5.74) is 0.582. The second kappa shape index (κ2) is 7.94. The lowest BCUT2D eigenvalue weighted by Gasteiger charge is -2.36. The van der Waals surface area contributed by atoms with Gasteiger partial charge in [-0.3, -0.25) is 9.20 Å². The molecule has 1 aliphatic heterocycles. The van der Waals surface area contributed by atoms with Crippen molar-refractivity contribution in [2.24, 2.45) is 0 Å². The molecule has 1 amide bonds. The maximum atomic E-state index is 12.9. The number of benzene rings is 1. The van der Waals surface area contributed by atoms with Crippen LogP contribution in [0.1, 0.15) is 5.56 Å². The van der Waals surface area contributed by atoms with E-state index in [2.05, 4.69) is 10.2 Å². The zero-order valence-electron chi connectivity index (χ0n) is 15.3. The minimum Gasteiger partial charge on any atom is -0.368 e. The lowest BCUT2D eigenvalue weighted by molar-refractivity contribution is -0.137. The number of nitrogens with zero attached hydrogens (tertiary/aromatic N) is 5. The van der Waals surface area contributed by atoms with Crippen molar-refractivity contribution >= 4 is 29.0 Å². The first-order chi connectivity index (χ1) is 13.9. The molecule has 1 aliphatic rings. The molecular formula is C19H18F3N5OS. The van der Waals surface area contributed by atoms with Crippen molar-refractivity contribution in [3.8, 4) is 0 Å². The molecule has 0 unspecified atom stereocenters. The van der Waals surface area contributed by atoms with Gasteiger partial charge >= 0.3 is 6.18 Å². The van der Waals surface area contributed by atoms with Crippen molar-refractivity contribution in [3.05, 3.63) is 54.2 Å². The summed E-state index contributed by atoms with van der Waals surface area (Å²) in [5, 5.41) is 8.80. The van der Waals surface area contributed by atoms with Gasteiger partial charge in [0.1, 0.15) is 0 Å². The standard InChI is InChI=1S/C19H18F3N5OS/c20-19(21,22)14-4-3-5-15(12-14)25-8-10-26(11-9-25)17(28)13-29-18-24-23-16-6-1-2-7-27(16)18/h1-7,12H,8-11,13H2. The molecule has 1 fully saturated rings. The molecule has 10 heteroatoms. The third-order valence-corrected chi connectivity index (χ3v) is 5.71. The van der Waals surface area contributed by atoms with Gasteiger partial charge in [-0.2, -0.15) is 13.2 Å². The average molecular weight is 421 g/mol. The van der Waals surface area contributed by atoms with E-state index in [4.69, 9.17) is 0 Å². The fraction of sp³-hybridized carbons (Fsp3) is 0.316. The van der Waals surface area contributed by atoms with Gasteiger partial charge in [0.05, 0.1) is 11.3 Å². The highest BCUT2D eigenvalue weighted by molar-refractivity contribution is 7.99. The Bertz CT molecular complexity index is 1010. The molecule has 0 saturated carbocycles. The van der Waals surface area contributed by atoms with Gasteiger partial charge in [0.15, 0.2) is 10.8 Å². The fourth-order valence-electron chi connectivity index (χ4n) is 3.23. The Hall–Kier alpha value is -2.75. The molecule has 6 nitrogen and oxygen atoms in total. The molecule has 2 aromatic heterocycles. The van der Waals surface area contributed by atoms with Crippen LogP contribution in [0.15, 0.2) is 53.8 Å². The number of piperazine rings is 1. The highest BCUT2D eigenvalue weighted by Gasteiger charge is 2.31. The number of carbonyl (C=O) groups excluding carboxylic acids is 1. The van der Waals surface area contributed by atoms with E-state index >= 15 is 0 Å². The Labute approximate surface area is 169 Å². The Balaban J connectivity index is 1.33. The number of hydrogen-bond donors (Lipinski definition) is 0. The van der Waals surface area contributed by atoms with Crippen molar-refractivity contribution in [2.45, 2.75) is 11.3 Å². The summed E-state index contributed by atoms with van der Waals surface area (Å²) in [4.78, 5) is 16.1. The number of amides is 1. The number of halogens is 3. The van der Waals surface area contributed by atoms with Crippen LogP contribution in [-0.2, 0) is 11.0 Å². The molecule has 4 rings (SSSR count). The summed E-state index contributed by atoms with van der Waals surface area (Å²) in [6, 6.07) is 10.9. The minimum absolute atomic E-state index is 0.0219. The maximum absolute atomic E-state index is 12.9. The first-order valence-corrected chi connectivity index (χ1v) is 10.0. The van der Waals surface area contributed by atoms with E-state index in [-0.39, 0.29) is 11.7 Å². The van der Waals surface area contributed by atoms with Crippen LogP contribution >= 0.6 is 11.8 Å². The van der Waals surface area contributed by atoms with E-state index in [0.29, 0.717) is 37.0 Å². The smallest absolute Gasteiger partial charge is 0.368 e. The number of carbonyl (C=O) groups is 1. The van der Waals surface area contributed by atoms with E-state index in [1.54, 1.807) is 11.0 Å². The molecule has 0 aliphatic carbocycles. The number of aromatic nitrogens is 3. The van der Waals surface area contributed by atoms with Gasteiger partial charge in [-0.25, -0.2) is 0 Å². The highest BCUT2D eigenvalue weighted by Crippen LogP contribution is 2.32. The van der Waals surface area contributed by atoms with Gasteiger partial charge in [-0.15, -0.1) is 10.2 Å². The SMILES string of the molecule is O=C(CSc1nnc2ccccn12)N1CCN(c2cccc(C(F)(F)F)c2)CC1. The van der Waals surface area contributed by atoms with Gasteiger partial charge in [0.25, 0.3) is 0 Å². The van der Waals surface area contributed by atoms with Crippen molar-refractivity contribution in [1.82, 2.24) is 19.5 Å². The minimum atomic E-state index is -4.36.